The Hall–Kier alpha value is -2.90. The van der Waals surface area contributed by atoms with Gasteiger partial charge in [-0.1, -0.05) is 36.7 Å². The van der Waals surface area contributed by atoms with Gasteiger partial charge in [-0.2, -0.15) is 13.2 Å². The predicted molar refractivity (Wildman–Crippen MR) is 146 cm³/mol. The lowest BCUT2D eigenvalue weighted by Crippen LogP contribution is -2.22. The number of rotatable bonds is 8. The average Bonchev–Trinajstić information content (AvgIpc) is 3.21. The van der Waals surface area contributed by atoms with E-state index in [1.807, 2.05) is 44.2 Å². The van der Waals surface area contributed by atoms with Crippen molar-refractivity contribution in [3.05, 3.63) is 99.7 Å². The van der Waals surface area contributed by atoms with Crippen LogP contribution in [0.3, 0.4) is 0 Å². The summed E-state index contributed by atoms with van der Waals surface area (Å²) < 4.78 is 41.2. The van der Waals surface area contributed by atoms with Crippen LogP contribution >= 0.6 is 23.4 Å². The molecule has 0 fully saturated rings. The maximum atomic E-state index is 13.0. The minimum atomic E-state index is -4.44. The van der Waals surface area contributed by atoms with Crippen LogP contribution in [0.5, 0.6) is 0 Å². The predicted octanol–water partition coefficient (Wildman–Crippen LogP) is 8.53. The van der Waals surface area contributed by atoms with Crippen molar-refractivity contribution < 1.29 is 18.0 Å². The summed E-state index contributed by atoms with van der Waals surface area (Å²) in [5.41, 5.74) is 3.28. The maximum absolute atomic E-state index is 13.0. The first-order valence-corrected chi connectivity index (χ1v) is 13.4. The number of hydrogen-bond acceptors (Lipinski definition) is 2. The Balaban J connectivity index is 1.55. The third-order valence-corrected chi connectivity index (χ3v) is 7.38. The molecule has 3 nitrogen and oxygen atoms in total. The number of aromatic nitrogens is 1. The van der Waals surface area contributed by atoms with Gasteiger partial charge in [0.05, 0.1) is 5.56 Å². The summed E-state index contributed by atoms with van der Waals surface area (Å²) in [6.07, 6.45) is -4.07. The van der Waals surface area contributed by atoms with Crippen LogP contribution in [0.25, 0.3) is 10.9 Å². The van der Waals surface area contributed by atoms with Crippen molar-refractivity contribution >= 4 is 40.2 Å². The molecule has 0 atom stereocenters. The van der Waals surface area contributed by atoms with Gasteiger partial charge < -0.3 is 9.88 Å². The topological polar surface area (TPSA) is 34.0 Å². The van der Waals surface area contributed by atoms with Gasteiger partial charge in [0.1, 0.15) is 0 Å². The molecule has 4 rings (SSSR count). The number of halogens is 4. The van der Waals surface area contributed by atoms with Crippen LogP contribution < -0.4 is 5.32 Å². The molecule has 0 spiro atoms. The van der Waals surface area contributed by atoms with Gasteiger partial charge in [0, 0.05) is 51.1 Å². The Morgan fingerprint density at radius 2 is 1.76 bits per heavy atom. The summed E-state index contributed by atoms with van der Waals surface area (Å²) in [5, 5.41) is 3.95. The molecule has 0 unspecified atom stereocenters. The summed E-state index contributed by atoms with van der Waals surface area (Å²) in [6.45, 7) is 6.63. The number of alkyl halides is 3. The fraction of sp³-hybridized carbons (Fsp3) is 0.276. The monoisotopic (exact) mass is 544 g/mol. The van der Waals surface area contributed by atoms with E-state index in [1.54, 1.807) is 17.8 Å². The number of thioether (sulfide) groups is 1. The zero-order chi connectivity index (χ0) is 26.7. The number of nitrogens with one attached hydrogen (secondary N) is 1. The van der Waals surface area contributed by atoms with Gasteiger partial charge in [-0.25, -0.2) is 0 Å². The Bertz CT molecular complexity index is 1410. The van der Waals surface area contributed by atoms with Crippen molar-refractivity contribution in [2.75, 3.05) is 5.75 Å². The number of amides is 1. The van der Waals surface area contributed by atoms with E-state index in [0.29, 0.717) is 24.1 Å². The van der Waals surface area contributed by atoms with Gasteiger partial charge in [-0.05, 0) is 79.3 Å². The summed E-state index contributed by atoms with van der Waals surface area (Å²) in [7, 11) is 0. The van der Waals surface area contributed by atoms with E-state index in [0.717, 1.165) is 40.0 Å². The van der Waals surface area contributed by atoms with E-state index < -0.39 is 11.7 Å². The fourth-order valence-electron chi connectivity index (χ4n) is 4.40. The first-order chi connectivity index (χ1) is 17.6. The lowest BCUT2D eigenvalue weighted by Gasteiger charge is -2.16. The van der Waals surface area contributed by atoms with Gasteiger partial charge in [0.2, 0.25) is 0 Å². The molecule has 1 heterocycles. The molecular weight excluding hydrogens is 517 g/mol. The smallest absolute Gasteiger partial charge is 0.348 e. The van der Waals surface area contributed by atoms with Crippen molar-refractivity contribution in [3.63, 3.8) is 0 Å². The maximum Gasteiger partial charge on any atom is 0.416 e. The molecule has 0 bridgehead atoms. The zero-order valence-electron chi connectivity index (χ0n) is 20.8. The van der Waals surface area contributed by atoms with Crippen LogP contribution in [0.4, 0.5) is 13.2 Å². The Kier molecular flexibility index (Phi) is 8.24. The highest BCUT2D eigenvalue weighted by molar-refractivity contribution is 7.99. The highest BCUT2D eigenvalue weighted by Crippen LogP contribution is 2.34. The van der Waals surface area contributed by atoms with Gasteiger partial charge in [-0.15, -0.1) is 11.8 Å². The van der Waals surface area contributed by atoms with Gasteiger partial charge in [0.15, 0.2) is 0 Å². The minimum Gasteiger partial charge on any atom is -0.348 e. The van der Waals surface area contributed by atoms with Crippen LogP contribution in [0.15, 0.2) is 71.6 Å². The van der Waals surface area contributed by atoms with Gasteiger partial charge in [0.25, 0.3) is 5.91 Å². The molecule has 37 heavy (non-hydrogen) atoms. The molecule has 8 heteroatoms. The molecule has 0 aliphatic rings. The van der Waals surface area contributed by atoms with E-state index in [1.165, 1.54) is 11.0 Å². The molecule has 4 aromatic rings. The number of carbonyl (C=O) groups excluding carboxylic acids is 1. The first-order valence-electron chi connectivity index (χ1n) is 12.1. The molecule has 194 valence electrons. The van der Waals surface area contributed by atoms with E-state index in [4.69, 9.17) is 11.6 Å². The standard InChI is InChI=1S/C29H28ClF3N2OS/c1-4-37-25-10-5-19(6-11-25)17-34-28(36)21-8-12-27-22(13-21)15-24(35(27)18(2)3)14-20-7-9-23(16-26(20)30)29(31,32)33/h5-13,15-16,18H,4,14,17H2,1-3H3,(H,34,36). The van der Waals surface area contributed by atoms with Crippen LogP contribution in [-0.4, -0.2) is 16.2 Å². The highest BCUT2D eigenvalue weighted by atomic mass is 35.5. The SMILES string of the molecule is CCSc1ccc(CNC(=O)c2ccc3c(c2)cc(Cc2ccc(C(F)(F)F)cc2Cl)n3C(C)C)cc1. The molecular formula is C29H28ClF3N2OS. The Labute approximate surface area is 224 Å². The third-order valence-electron chi connectivity index (χ3n) is 6.14. The lowest BCUT2D eigenvalue weighted by atomic mass is 10.1. The molecule has 0 aliphatic carbocycles. The van der Waals surface area contributed by atoms with Crippen molar-refractivity contribution in [1.82, 2.24) is 9.88 Å². The highest BCUT2D eigenvalue weighted by Gasteiger charge is 2.31. The molecule has 0 radical (unpaired) electrons. The van der Waals surface area contributed by atoms with Crippen LogP contribution in [-0.2, 0) is 19.1 Å². The minimum absolute atomic E-state index is 0.0803. The van der Waals surface area contributed by atoms with Crippen molar-refractivity contribution in [2.24, 2.45) is 0 Å². The Morgan fingerprint density at radius 1 is 1.03 bits per heavy atom. The molecule has 0 saturated carbocycles. The second kappa shape index (κ2) is 11.2. The van der Waals surface area contributed by atoms with E-state index in [2.05, 4.69) is 28.9 Å². The quantitative estimate of drug-likeness (QED) is 0.225. The van der Waals surface area contributed by atoms with Crippen molar-refractivity contribution in [3.8, 4) is 0 Å². The fourth-order valence-corrected chi connectivity index (χ4v) is 5.31. The van der Waals surface area contributed by atoms with Gasteiger partial charge >= 0.3 is 6.18 Å². The van der Waals surface area contributed by atoms with Gasteiger partial charge in [-0.3, -0.25) is 4.79 Å². The van der Waals surface area contributed by atoms with E-state index in [-0.39, 0.29) is 17.0 Å². The second-order valence-corrected chi connectivity index (χ2v) is 10.9. The molecule has 1 aromatic heterocycles. The largest absolute Gasteiger partial charge is 0.416 e. The molecule has 1 N–H and O–H groups in total. The zero-order valence-corrected chi connectivity index (χ0v) is 22.4. The van der Waals surface area contributed by atoms with Crippen LogP contribution in [0.1, 0.15) is 59.6 Å². The van der Waals surface area contributed by atoms with Crippen molar-refractivity contribution in [2.45, 2.75) is 50.9 Å². The average molecular weight is 545 g/mol. The molecule has 1 amide bonds. The van der Waals surface area contributed by atoms with Crippen molar-refractivity contribution in [1.29, 1.82) is 0 Å². The van der Waals surface area contributed by atoms with E-state index >= 15 is 0 Å². The number of carbonyl (C=O) groups is 1. The third kappa shape index (κ3) is 6.33. The second-order valence-electron chi connectivity index (χ2n) is 9.11. The lowest BCUT2D eigenvalue weighted by molar-refractivity contribution is -0.137. The summed E-state index contributed by atoms with van der Waals surface area (Å²) >= 11 is 8.00. The summed E-state index contributed by atoms with van der Waals surface area (Å²) in [5.74, 6) is 0.842. The molecule has 3 aromatic carbocycles. The van der Waals surface area contributed by atoms with Crippen LogP contribution in [0.2, 0.25) is 5.02 Å². The summed E-state index contributed by atoms with van der Waals surface area (Å²) in [4.78, 5) is 14.1. The Morgan fingerprint density at radius 3 is 2.38 bits per heavy atom. The number of nitrogens with zero attached hydrogens (tertiary/aromatic N) is 1. The number of benzene rings is 3. The first kappa shape index (κ1) is 27.1. The normalized spacial score (nSPS) is 11.9. The summed E-state index contributed by atoms with van der Waals surface area (Å²) in [6, 6.07) is 19.2. The molecule has 0 aliphatic heterocycles. The molecule has 0 saturated heterocycles. The van der Waals surface area contributed by atoms with Crippen LogP contribution in [0, 0.1) is 0 Å². The van der Waals surface area contributed by atoms with E-state index in [9.17, 15) is 18.0 Å². The number of hydrogen-bond donors (Lipinski definition) is 1. The number of fused-ring (bicyclic) bond motifs is 1.